The van der Waals surface area contributed by atoms with Gasteiger partial charge in [-0.1, -0.05) is 30.3 Å². The van der Waals surface area contributed by atoms with Crippen LogP contribution in [-0.2, 0) is 0 Å². The molecule has 2 aromatic carbocycles. The second-order valence-electron chi connectivity index (χ2n) is 3.70. The van der Waals surface area contributed by atoms with Crippen molar-refractivity contribution in [1.82, 2.24) is 4.98 Å². The Kier molecular flexibility index (Phi) is 2.01. The standard InChI is InChI=1S/C13H9NOS/c15-13(16)10-6-3-5-9-8-4-1-2-7-11(8)14-12(9)10/h1-7,14H,(H,15,16). The summed E-state index contributed by atoms with van der Waals surface area (Å²) in [6.07, 6.45) is 0. The minimum absolute atomic E-state index is 0.211. The number of carbonyl (C=O) groups is 1. The van der Waals surface area contributed by atoms with E-state index in [4.69, 9.17) is 0 Å². The smallest absolute Gasteiger partial charge is 0.218 e. The van der Waals surface area contributed by atoms with Gasteiger partial charge in [0.05, 0.1) is 11.1 Å². The van der Waals surface area contributed by atoms with E-state index in [1.165, 1.54) is 0 Å². The van der Waals surface area contributed by atoms with Crippen LogP contribution in [0.3, 0.4) is 0 Å². The average molecular weight is 227 g/mol. The SMILES string of the molecule is O=C(S)c1cccc2c1[nH]c1ccccc12. The molecule has 0 bridgehead atoms. The summed E-state index contributed by atoms with van der Waals surface area (Å²) in [6.45, 7) is 0. The van der Waals surface area contributed by atoms with E-state index in [9.17, 15) is 4.79 Å². The molecule has 2 nitrogen and oxygen atoms in total. The molecule has 0 spiro atoms. The predicted octanol–water partition coefficient (Wildman–Crippen LogP) is 3.39. The van der Waals surface area contributed by atoms with Crippen molar-refractivity contribution in [3.63, 3.8) is 0 Å². The third-order valence-corrected chi connectivity index (χ3v) is 3.01. The van der Waals surface area contributed by atoms with E-state index in [-0.39, 0.29) is 5.12 Å². The Balaban J connectivity index is 2.54. The highest BCUT2D eigenvalue weighted by atomic mass is 32.1. The van der Waals surface area contributed by atoms with Crippen LogP contribution in [-0.4, -0.2) is 10.1 Å². The molecular formula is C13H9NOS. The first kappa shape index (κ1) is 9.48. The quantitative estimate of drug-likeness (QED) is 0.614. The number of aromatic nitrogens is 1. The van der Waals surface area contributed by atoms with E-state index in [1.807, 2.05) is 36.4 Å². The predicted molar refractivity (Wildman–Crippen MR) is 69.1 cm³/mol. The lowest BCUT2D eigenvalue weighted by Gasteiger charge is -1.96. The second-order valence-corrected chi connectivity index (χ2v) is 4.11. The molecule has 1 N–H and O–H groups in total. The van der Waals surface area contributed by atoms with Crippen LogP contribution in [0.5, 0.6) is 0 Å². The van der Waals surface area contributed by atoms with Crippen molar-refractivity contribution in [3.8, 4) is 0 Å². The Bertz CT molecular complexity index is 699. The van der Waals surface area contributed by atoms with Gasteiger partial charge in [0.15, 0.2) is 0 Å². The number of hydrogen-bond donors (Lipinski definition) is 2. The van der Waals surface area contributed by atoms with Gasteiger partial charge in [-0.15, -0.1) is 12.6 Å². The summed E-state index contributed by atoms with van der Waals surface area (Å²) in [4.78, 5) is 14.6. The lowest BCUT2D eigenvalue weighted by atomic mass is 10.1. The van der Waals surface area contributed by atoms with Crippen LogP contribution in [0.4, 0.5) is 0 Å². The summed E-state index contributed by atoms with van der Waals surface area (Å²) in [5.41, 5.74) is 2.53. The topological polar surface area (TPSA) is 32.9 Å². The molecule has 1 aromatic heterocycles. The van der Waals surface area contributed by atoms with E-state index in [1.54, 1.807) is 6.07 Å². The van der Waals surface area contributed by atoms with Crippen molar-refractivity contribution in [2.45, 2.75) is 0 Å². The van der Waals surface area contributed by atoms with Crippen molar-refractivity contribution in [2.75, 3.05) is 0 Å². The fourth-order valence-corrected chi connectivity index (χ4v) is 2.24. The van der Waals surface area contributed by atoms with Crippen LogP contribution in [0.15, 0.2) is 42.5 Å². The van der Waals surface area contributed by atoms with Crippen LogP contribution in [0.1, 0.15) is 10.4 Å². The first-order valence-corrected chi connectivity index (χ1v) is 5.45. The number of H-pyrrole nitrogens is 1. The molecule has 0 aliphatic heterocycles. The monoisotopic (exact) mass is 227 g/mol. The van der Waals surface area contributed by atoms with Crippen molar-refractivity contribution < 1.29 is 4.79 Å². The van der Waals surface area contributed by atoms with E-state index < -0.39 is 0 Å². The molecule has 3 rings (SSSR count). The minimum atomic E-state index is -0.211. The number of benzene rings is 2. The Morgan fingerprint density at radius 2 is 1.75 bits per heavy atom. The highest BCUT2D eigenvalue weighted by molar-refractivity contribution is 7.97. The van der Waals surface area contributed by atoms with Crippen LogP contribution >= 0.6 is 12.6 Å². The molecule has 0 aliphatic rings. The molecule has 0 fully saturated rings. The van der Waals surface area contributed by atoms with E-state index >= 15 is 0 Å². The van der Waals surface area contributed by atoms with Crippen molar-refractivity contribution in [2.24, 2.45) is 0 Å². The van der Waals surface area contributed by atoms with Gasteiger partial charge < -0.3 is 4.98 Å². The number of carbonyl (C=O) groups excluding carboxylic acids is 1. The molecule has 16 heavy (non-hydrogen) atoms. The van der Waals surface area contributed by atoms with E-state index in [0.29, 0.717) is 5.56 Å². The van der Waals surface area contributed by atoms with Crippen LogP contribution in [0.2, 0.25) is 0 Å². The van der Waals surface area contributed by atoms with Crippen molar-refractivity contribution >= 4 is 39.5 Å². The zero-order valence-electron chi connectivity index (χ0n) is 8.40. The molecule has 0 unspecified atom stereocenters. The second kappa shape index (κ2) is 3.39. The van der Waals surface area contributed by atoms with Crippen LogP contribution in [0.25, 0.3) is 21.8 Å². The lowest BCUT2D eigenvalue weighted by molar-refractivity contribution is 0.109. The average Bonchev–Trinajstić information content (AvgIpc) is 2.67. The fraction of sp³-hybridized carbons (Fsp3) is 0. The fourth-order valence-electron chi connectivity index (χ4n) is 2.05. The molecular weight excluding hydrogens is 218 g/mol. The molecule has 1 heterocycles. The van der Waals surface area contributed by atoms with Gasteiger partial charge in [-0.3, -0.25) is 4.79 Å². The number of fused-ring (bicyclic) bond motifs is 3. The van der Waals surface area contributed by atoms with Crippen LogP contribution in [0, 0.1) is 0 Å². The normalized spacial score (nSPS) is 11.1. The van der Waals surface area contributed by atoms with Crippen LogP contribution < -0.4 is 0 Å². The van der Waals surface area contributed by atoms with Crippen molar-refractivity contribution in [3.05, 3.63) is 48.0 Å². The van der Waals surface area contributed by atoms with Gasteiger partial charge in [0.25, 0.3) is 0 Å². The molecule has 0 amide bonds. The third kappa shape index (κ3) is 1.25. The Labute approximate surface area is 97.7 Å². The largest absolute Gasteiger partial charge is 0.354 e. The van der Waals surface area contributed by atoms with Gasteiger partial charge in [-0.2, -0.15) is 0 Å². The lowest BCUT2D eigenvalue weighted by Crippen LogP contribution is -1.89. The maximum Gasteiger partial charge on any atom is 0.218 e. The Hall–Kier alpha value is -1.74. The first-order valence-electron chi connectivity index (χ1n) is 5.00. The summed E-state index contributed by atoms with van der Waals surface area (Å²) < 4.78 is 0. The van der Waals surface area contributed by atoms with Crippen molar-refractivity contribution in [1.29, 1.82) is 0 Å². The number of thiol groups is 1. The minimum Gasteiger partial charge on any atom is -0.354 e. The van der Waals surface area contributed by atoms with Gasteiger partial charge in [0.2, 0.25) is 5.12 Å². The first-order chi connectivity index (χ1) is 7.77. The summed E-state index contributed by atoms with van der Waals surface area (Å²) in [6, 6.07) is 13.7. The highest BCUT2D eigenvalue weighted by Crippen LogP contribution is 2.27. The van der Waals surface area contributed by atoms with Gasteiger partial charge in [0.1, 0.15) is 0 Å². The molecule has 78 valence electrons. The number of hydrogen-bond acceptors (Lipinski definition) is 1. The number of rotatable bonds is 1. The molecule has 3 aromatic rings. The summed E-state index contributed by atoms with van der Waals surface area (Å²) in [7, 11) is 0. The summed E-state index contributed by atoms with van der Waals surface area (Å²) >= 11 is 3.89. The molecule has 0 aliphatic carbocycles. The van der Waals surface area contributed by atoms with E-state index in [0.717, 1.165) is 21.8 Å². The molecule has 0 radical (unpaired) electrons. The van der Waals surface area contributed by atoms with E-state index in [2.05, 4.69) is 17.6 Å². The van der Waals surface area contributed by atoms with Gasteiger partial charge in [-0.05, 0) is 12.1 Å². The molecule has 0 atom stereocenters. The summed E-state index contributed by atoms with van der Waals surface area (Å²) in [5.74, 6) is 0. The zero-order valence-corrected chi connectivity index (χ0v) is 9.29. The number of aromatic amines is 1. The third-order valence-electron chi connectivity index (χ3n) is 2.77. The number of nitrogens with one attached hydrogen (secondary N) is 1. The van der Waals surface area contributed by atoms with Gasteiger partial charge in [0, 0.05) is 16.3 Å². The van der Waals surface area contributed by atoms with Gasteiger partial charge >= 0.3 is 0 Å². The Morgan fingerprint density at radius 3 is 2.56 bits per heavy atom. The zero-order chi connectivity index (χ0) is 11.1. The molecule has 0 saturated heterocycles. The van der Waals surface area contributed by atoms with Gasteiger partial charge in [-0.25, -0.2) is 0 Å². The summed E-state index contributed by atoms with van der Waals surface area (Å²) in [5, 5.41) is 1.99. The maximum absolute atomic E-state index is 11.4. The highest BCUT2D eigenvalue weighted by Gasteiger charge is 2.10. The maximum atomic E-state index is 11.4. The Morgan fingerprint density at radius 1 is 1.00 bits per heavy atom. The number of para-hydroxylation sites is 2. The molecule has 0 saturated carbocycles. The molecule has 3 heteroatoms.